The molecule has 2 aliphatic rings. The van der Waals surface area contributed by atoms with Crippen LogP contribution in [0.2, 0.25) is 0 Å². The molecule has 8 heteroatoms. The van der Waals surface area contributed by atoms with Crippen molar-refractivity contribution in [2.45, 2.75) is 38.6 Å². The van der Waals surface area contributed by atoms with Crippen molar-refractivity contribution in [1.29, 1.82) is 0 Å². The van der Waals surface area contributed by atoms with E-state index in [1.165, 1.54) is 25.3 Å². The Morgan fingerprint density at radius 1 is 1.03 bits per heavy atom. The number of piperidine rings is 2. The van der Waals surface area contributed by atoms with E-state index in [0.717, 1.165) is 24.5 Å². The lowest BCUT2D eigenvalue weighted by atomic mass is 9.95. The second kappa shape index (κ2) is 9.76. The Morgan fingerprint density at radius 3 is 2.52 bits per heavy atom. The fraction of sp³-hybridized carbons (Fsp3) is 0.478. The van der Waals surface area contributed by atoms with Crippen LogP contribution in [-0.2, 0) is 11.3 Å². The summed E-state index contributed by atoms with van der Waals surface area (Å²) in [6.07, 6.45) is 6.81. The number of anilines is 2. The minimum atomic E-state index is -0.345. The summed E-state index contributed by atoms with van der Waals surface area (Å²) in [5.41, 5.74) is 1.80. The van der Waals surface area contributed by atoms with Crippen LogP contribution in [0.3, 0.4) is 0 Å². The minimum absolute atomic E-state index is 0.0515. The molecule has 2 aliphatic heterocycles. The molecule has 0 spiro atoms. The molecule has 0 atom stereocenters. The normalized spacial score (nSPS) is 17.4. The Bertz CT molecular complexity index is 921. The summed E-state index contributed by atoms with van der Waals surface area (Å²) in [5.74, 6) is 0.957. The summed E-state index contributed by atoms with van der Waals surface area (Å²) in [5, 5.41) is 14.4. The summed E-state index contributed by atoms with van der Waals surface area (Å²) >= 11 is 0. The van der Waals surface area contributed by atoms with Gasteiger partial charge in [0.1, 0.15) is 11.5 Å². The molecule has 164 valence electrons. The number of hydrogen-bond acceptors (Lipinski definition) is 6. The van der Waals surface area contributed by atoms with E-state index in [1.54, 1.807) is 12.1 Å². The van der Waals surface area contributed by atoms with Crippen molar-refractivity contribution in [3.63, 3.8) is 0 Å². The zero-order valence-electron chi connectivity index (χ0n) is 17.7. The van der Waals surface area contributed by atoms with Gasteiger partial charge in [0.25, 0.3) is 5.69 Å². The highest BCUT2D eigenvalue weighted by Crippen LogP contribution is 2.31. The standard InChI is InChI=1S/C23H29N5O3/c29-23(25-17-19-7-6-12-24-22(19)27-13-4-1-5-14-27)18-10-15-26(16-11-18)20-8-2-3-9-21(20)28(30)31/h2-3,6-9,12,18H,1,4-5,10-11,13-17H2,(H,25,29). The summed E-state index contributed by atoms with van der Waals surface area (Å²) in [6.45, 7) is 3.77. The van der Waals surface area contributed by atoms with Gasteiger partial charge >= 0.3 is 0 Å². The number of nitro benzene ring substituents is 1. The van der Waals surface area contributed by atoms with E-state index in [1.807, 2.05) is 29.3 Å². The average Bonchev–Trinajstić information content (AvgIpc) is 2.83. The third kappa shape index (κ3) is 4.95. The van der Waals surface area contributed by atoms with Gasteiger partial charge in [-0.05, 0) is 44.2 Å². The third-order valence-electron chi connectivity index (χ3n) is 6.26. The second-order valence-electron chi connectivity index (χ2n) is 8.26. The van der Waals surface area contributed by atoms with Crippen molar-refractivity contribution < 1.29 is 9.72 Å². The van der Waals surface area contributed by atoms with Crippen LogP contribution >= 0.6 is 0 Å². The lowest BCUT2D eigenvalue weighted by Crippen LogP contribution is -2.40. The zero-order chi connectivity index (χ0) is 21.6. The molecular formula is C23H29N5O3. The van der Waals surface area contributed by atoms with Crippen LogP contribution in [0.1, 0.15) is 37.7 Å². The van der Waals surface area contributed by atoms with Crippen molar-refractivity contribution in [2.24, 2.45) is 5.92 Å². The third-order valence-corrected chi connectivity index (χ3v) is 6.26. The van der Waals surface area contributed by atoms with Crippen molar-refractivity contribution in [1.82, 2.24) is 10.3 Å². The van der Waals surface area contributed by atoms with Crippen molar-refractivity contribution in [3.8, 4) is 0 Å². The number of aromatic nitrogens is 1. The Morgan fingerprint density at radius 2 is 1.77 bits per heavy atom. The fourth-order valence-electron chi connectivity index (χ4n) is 4.55. The van der Waals surface area contributed by atoms with Crippen LogP contribution in [0.25, 0.3) is 0 Å². The highest BCUT2D eigenvalue weighted by atomic mass is 16.6. The van der Waals surface area contributed by atoms with Crippen LogP contribution in [0.4, 0.5) is 17.2 Å². The van der Waals surface area contributed by atoms with Crippen LogP contribution < -0.4 is 15.1 Å². The molecule has 3 heterocycles. The fourth-order valence-corrected chi connectivity index (χ4v) is 4.55. The lowest BCUT2D eigenvalue weighted by Gasteiger charge is -2.33. The molecule has 4 rings (SSSR count). The number of rotatable bonds is 6. The van der Waals surface area contributed by atoms with E-state index in [2.05, 4.69) is 15.2 Å². The van der Waals surface area contributed by atoms with Gasteiger partial charge in [0.15, 0.2) is 0 Å². The van der Waals surface area contributed by atoms with Crippen molar-refractivity contribution in [3.05, 3.63) is 58.3 Å². The number of carbonyl (C=O) groups excluding carboxylic acids is 1. The summed E-state index contributed by atoms with van der Waals surface area (Å²) in [6, 6.07) is 10.8. The summed E-state index contributed by atoms with van der Waals surface area (Å²) < 4.78 is 0. The van der Waals surface area contributed by atoms with E-state index < -0.39 is 0 Å². The minimum Gasteiger partial charge on any atom is -0.366 e. The number of amides is 1. The van der Waals surface area contributed by atoms with E-state index in [9.17, 15) is 14.9 Å². The SMILES string of the molecule is O=C(NCc1cccnc1N1CCCCC1)C1CCN(c2ccccc2[N+](=O)[O-])CC1. The second-order valence-corrected chi connectivity index (χ2v) is 8.26. The molecule has 8 nitrogen and oxygen atoms in total. The molecule has 0 aliphatic carbocycles. The quantitative estimate of drug-likeness (QED) is 0.565. The molecule has 1 N–H and O–H groups in total. The number of para-hydroxylation sites is 2. The number of carbonyl (C=O) groups is 1. The lowest BCUT2D eigenvalue weighted by molar-refractivity contribution is -0.384. The van der Waals surface area contributed by atoms with Crippen LogP contribution in [-0.4, -0.2) is 42.0 Å². The molecule has 0 radical (unpaired) electrons. The molecular weight excluding hydrogens is 394 g/mol. The predicted octanol–water partition coefficient (Wildman–Crippen LogP) is 3.51. The van der Waals surface area contributed by atoms with E-state index >= 15 is 0 Å². The first kappa shape index (κ1) is 21.1. The number of nitro groups is 1. The van der Waals surface area contributed by atoms with E-state index in [-0.39, 0.29) is 22.4 Å². The number of hydrogen-bond donors (Lipinski definition) is 1. The van der Waals surface area contributed by atoms with Crippen LogP contribution in [0, 0.1) is 16.0 Å². The zero-order valence-corrected chi connectivity index (χ0v) is 17.7. The molecule has 2 fully saturated rings. The monoisotopic (exact) mass is 423 g/mol. The molecule has 1 aromatic heterocycles. The molecule has 0 saturated carbocycles. The Balaban J connectivity index is 1.33. The Kier molecular flexibility index (Phi) is 6.64. The molecule has 0 unspecified atom stereocenters. The first-order valence-electron chi connectivity index (χ1n) is 11.1. The molecule has 2 saturated heterocycles. The highest BCUT2D eigenvalue weighted by Gasteiger charge is 2.28. The van der Waals surface area contributed by atoms with Gasteiger partial charge in [-0.1, -0.05) is 18.2 Å². The number of nitrogens with one attached hydrogen (secondary N) is 1. The van der Waals surface area contributed by atoms with Crippen LogP contribution in [0.5, 0.6) is 0 Å². The Labute approximate surface area is 182 Å². The van der Waals surface area contributed by atoms with Gasteiger partial charge in [0.2, 0.25) is 5.91 Å². The topological polar surface area (TPSA) is 91.6 Å². The van der Waals surface area contributed by atoms with Gasteiger partial charge in [-0.15, -0.1) is 0 Å². The molecule has 31 heavy (non-hydrogen) atoms. The maximum Gasteiger partial charge on any atom is 0.292 e. The van der Waals surface area contributed by atoms with Crippen LogP contribution in [0.15, 0.2) is 42.6 Å². The van der Waals surface area contributed by atoms with Gasteiger partial charge in [0, 0.05) is 56.5 Å². The molecule has 1 amide bonds. The first-order chi connectivity index (χ1) is 15.1. The Hall–Kier alpha value is -3.16. The van der Waals surface area contributed by atoms with Gasteiger partial charge < -0.3 is 15.1 Å². The highest BCUT2D eigenvalue weighted by molar-refractivity contribution is 5.79. The number of benzene rings is 1. The average molecular weight is 424 g/mol. The predicted molar refractivity (Wildman–Crippen MR) is 120 cm³/mol. The number of pyridine rings is 1. The largest absolute Gasteiger partial charge is 0.366 e. The van der Waals surface area contributed by atoms with E-state index in [4.69, 9.17) is 0 Å². The van der Waals surface area contributed by atoms with Gasteiger partial charge in [-0.2, -0.15) is 0 Å². The van der Waals surface area contributed by atoms with Crippen molar-refractivity contribution in [2.75, 3.05) is 36.0 Å². The van der Waals surface area contributed by atoms with Crippen molar-refractivity contribution >= 4 is 23.1 Å². The number of nitrogens with zero attached hydrogens (tertiary/aromatic N) is 4. The first-order valence-corrected chi connectivity index (χ1v) is 11.1. The summed E-state index contributed by atoms with van der Waals surface area (Å²) in [7, 11) is 0. The molecule has 2 aromatic rings. The van der Waals surface area contributed by atoms with Gasteiger partial charge in [-0.3, -0.25) is 14.9 Å². The maximum atomic E-state index is 12.8. The smallest absolute Gasteiger partial charge is 0.292 e. The molecule has 1 aromatic carbocycles. The maximum absolute atomic E-state index is 12.8. The molecule has 0 bridgehead atoms. The van der Waals surface area contributed by atoms with Gasteiger partial charge in [0.05, 0.1) is 4.92 Å². The van der Waals surface area contributed by atoms with Gasteiger partial charge in [-0.25, -0.2) is 4.98 Å². The summed E-state index contributed by atoms with van der Waals surface area (Å²) in [4.78, 5) is 32.7. The van der Waals surface area contributed by atoms with E-state index in [0.29, 0.717) is 38.2 Å².